The first-order chi connectivity index (χ1) is 14.7. The van der Waals surface area contributed by atoms with Gasteiger partial charge in [-0.1, -0.05) is 56.3 Å². The summed E-state index contributed by atoms with van der Waals surface area (Å²) in [5.74, 6) is 1.18. The van der Waals surface area contributed by atoms with Gasteiger partial charge in [-0.2, -0.15) is 0 Å². The van der Waals surface area contributed by atoms with Gasteiger partial charge in [0, 0.05) is 12.7 Å². The topological polar surface area (TPSA) is 59.8 Å². The Morgan fingerprint density at radius 2 is 1.80 bits per heavy atom. The van der Waals surface area contributed by atoms with Crippen molar-refractivity contribution in [3.05, 3.63) is 95.6 Å². The van der Waals surface area contributed by atoms with Crippen molar-refractivity contribution in [1.29, 1.82) is 0 Å². The molecule has 0 aliphatic heterocycles. The summed E-state index contributed by atoms with van der Waals surface area (Å²) in [5.41, 5.74) is 4.96. The fourth-order valence-corrected chi connectivity index (χ4v) is 3.55. The van der Waals surface area contributed by atoms with Gasteiger partial charge in [0.1, 0.15) is 11.5 Å². The van der Waals surface area contributed by atoms with Crippen molar-refractivity contribution in [2.45, 2.75) is 39.3 Å². The summed E-state index contributed by atoms with van der Waals surface area (Å²) in [6.07, 6.45) is 2.75. The second-order valence-corrected chi connectivity index (χ2v) is 7.55. The molecule has 0 radical (unpaired) electrons. The minimum atomic E-state index is -0.202. The van der Waals surface area contributed by atoms with E-state index in [0.717, 1.165) is 23.3 Å². The molecule has 0 aliphatic rings. The second-order valence-electron chi connectivity index (χ2n) is 7.55. The Morgan fingerprint density at radius 1 is 1.03 bits per heavy atom. The molecular formula is C25H26N4O. The highest BCUT2D eigenvalue weighted by molar-refractivity contribution is 5.92. The molecule has 2 aromatic carbocycles. The standard InChI is InChI=1S/C25H26N4O/c1-3-18(2)20-13-11-19(12-14-20)17-29-23-10-5-4-8-21(23)28-24(29)16-27-25(30)22-9-6-7-15-26-22/h4-15,18H,3,16-17H2,1-2H3,(H,27,30). The molecule has 0 aliphatic carbocycles. The molecule has 0 saturated carbocycles. The number of rotatable bonds is 7. The molecule has 0 saturated heterocycles. The predicted molar refractivity (Wildman–Crippen MR) is 119 cm³/mol. The highest BCUT2D eigenvalue weighted by Crippen LogP contribution is 2.21. The van der Waals surface area contributed by atoms with Crippen LogP contribution in [0.5, 0.6) is 0 Å². The van der Waals surface area contributed by atoms with E-state index >= 15 is 0 Å². The number of carbonyl (C=O) groups is 1. The third kappa shape index (κ3) is 4.25. The molecule has 30 heavy (non-hydrogen) atoms. The fraction of sp³-hybridized carbons (Fsp3) is 0.240. The summed E-state index contributed by atoms with van der Waals surface area (Å²) in [5, 5.41) is 2.95. The molecule has 1 N–H and O–H groups in total. The summed E-state index contributed by atoms with van der Waals surface area (Å²) in [6, 6.07) is 22.2. The van der Waals surface area contributed by atoms with Gasteiger partial charge in [-0.05, 0) is 47.7 Å². The largest absolute Gasteiger partial charge is 0.343 e. The Kier molecular flexibility index (Phi) is 5.89. The van der Waals surface area contributed by atoms with Crippen molar-refractivity contribution in [1.82, 2.24) is 19.9 Å². The van der Waals surface area contributed by atoms with Crippen LogP contribution in [0.2, 0.25) is 0 Å². The van der Waals surface area contributed by atoms with Gasteiger partial charge < -0.3 is 9.88 Å². The summed E-state index contributed by atoms with van der Waals surface area (Å²) in [4.78, 5) is 21.3. The van der Waals surface area contributed by atoms with Crippen molar-refractivity contribution >= 4 is 16.9 Å². The van der Waals surface area contributed by atoms with Crippen LogP contribution in [0.1, 0.15) is 53.6 Å². The van der Waals surface area contributed by atoms with Gasteiger partial charge in [0.15, 0.2) is 0 Å². The molecule has 2 aromatic heterocycles. The highest BCUT2D eigenvalue weighted by atomic mass is 16.1. The van der Waals surface area contributed by atoms with Crippen molar-refractivity contribution in [2.75, 3.05) is 0 Å². The van der Waals surface area contributed by atoms with Crippen LogP contribution in [0.3, 0.4) is 0 Å². The normalized spacial score (nSPS) is 12.1. The Balaban J connectivity index is 1.58. The van der Waals surface area contributed by atoms with Crippen LogP contribution in [-0.2, 0) is 13.1 Å². The van der Waals surface area contributed by atoms with E-state index < -0.39 is 0 Å². The van der Waals surface area contributed by atoms with E-state index in [9.17, 15) is 4.79 Å². The summed E-state index contributed by atoms with van der Waals surface area (Å²) in [6.45, 7) is 5.51. The lowest BCUT2D eigenvalue weighted by Crippen LogP contribution is -2.25. The maximum Gasteiger partial charge on any atom is 0.270 e. The molecule has 1 amide bonds. The summed E-state index contributed by atoms with van der Waals surface area (Å²) in [7, 11) is 0. The van der Waals surface area contributed by atoms with Crippen LogP contribution in [0.15, 0.2) is 72.9 Å². The molecule has 5 nitrogen and oxygen atoms in total. The monoisotopic (exact) mass is 398 g/mol. The quantitative estimate of drug-likeness (QED) is 0.480. The van der Waals surface area contributed by atoms with E-state index in [0.29, 0.717) is 24.7 Å². The maximum atomic E-state index is 12.4. The predicted octanol–water partition coefficient (Wildman–Crippen LogP) is 4.92. The Morgan fingerprint density at radius 3 is 2.53 bits per heavy atom. The number of aromatic nitrogens is 3. The number of carbonyl (C=O) groups excluding carboxylic acids is 1. The Labute approximate surface area is 176 Å². The van der Waals surface area contributed by atoms with Crippen molar-refractivity contribution < 1.29 is 4.79 Å². The van der Waals surface area contributed by atoms with Crippen LogP contribution in [0.25, 0.3) is 11.0 Å². The van der Waals surface area contributed by atoms with Crippen LogP contribution < -0.4 is 5.32 Å². The lowest BCUT2D eigenvalue weighted by Gasteiger charge is -2.13. The average Bonchev–Trinajstić information content (AvgIpc) is 3.15. The molecular weight excluding hydrogens is 372 g/mol. The molecule has 0 fully saturated rings. The lowest BCUT2D eigenvalue weighted by atomic mass is 9.98. The van der Waals surface area contributed by atoms with Gasteiger partial charge in [-0.15, -0.1) is 0 Å². The molecule has 1 unspecified atom stereocenters. The molecule has 1 atom stereocenters. The van der Waals surface area contributed by atoms with Crippen LogP contribution in [0.4, 0.5) is 0 Å². The van der Waals surface area contributed by atoms with Gasteiger partial charge in [0.25, 0.3) is 5.91 Å². The van der Waals surface area contributed by atoms with Crippen LogP contribution in [-0.4, -0.2) is 20.4 Å². The number of para-hydroxylation sites is 2. The first-order valence-electron chi connectivity index (χ1n) is 10.4. The molecule has 0 bridgehead atoms. The second kappa shape index (κ2) is 8.91. The molecule has 2 heterocycles. The van der Waals surface area contributed by atoms with Crippen molar-refractivity contribution in [2.24, 2.45) is 0 Å². The number of nitrogens with zero attached hydrogens (tertiary/aromatic N) is 3. The number of nitrogens with one attached hydrogen (secondary N) is 1. The molecule has 5 heteroatoms. The lowest BCUT2D eigenvalue weighted by molar-refractivity contribution is 0.0944. The van der Waals surface area contributed by atoms with Crippen molar-refractivity contribution in [3.63, 3.8) is 0 Å². The number of amides is 1. The zero-order valence-corrected chi connectivity index (χ0v) is 17.4. The molecule has 4 aromatic rings. The Bertz CT molecular complexity index is 1130. The molecule has 0 spiro atoms. The number of pyridine rings is 1. The number of imidazole rings is 1. The smallest absolute Gasteiger partial charge is 0.270 e. The minimum absolute atomic E-state index is 0.202. The summed E-state index contributed by atoms with van der Waals surface area (Å²) >= 11 is 0. The van der Waals surface area contributed by atoms with E-state index in [1.807, 2.05) is 18.2 Å². The number of fused-ring (bicyclic) bond motifs is 1. The zero-order valence-electron chi connectivity index (χ0n) is 17.4. The van der Waals surface area contributed by atoms with Gasteiger partial charge in [0.05, 0.1) is 17.6 Å². The van der Waals surface area contributed by atoms with E-state index in [4.69, 9.17) is 4.98 Å². The summed E-state index contributed by atoms with van der Waals surface area (Å²) < 4.78 is 2.17. The van der Waals surface area contributed by atoms with E-state index in [-0.39, 0.29) is 5.91 Å². The third-order valence-corrected chi connectivity index (χ3v) is 5.54. The molecule has 4 rings (SSSR count). The highest BCUT2D eigenvalue weighted by Gasteiger charge is 2.13. The number of hydrogen-bond donors (Lipinski definition) is 1. The van der Waals surface area contributed by atoms with Crippen LogP contribution >= 0.6 is 0 Å². The first kappa shape index (κ1) is 19.8. The number of hydrogen-bond acceptors (Lipinski definition) is 3. The average molecular weight is 399 g/mol. The van der Waals surface area contributed by atoms with Gasteiger partial charge in [-0.25, -0.2) is 4.98 Å². The fourth-order valence-electron chi connectivity index (χ4n) is 3.55. The molecule has 152 valence electrons. The third-order valence-electron chi connectivity index (χ3n) is 5.54. The SMILES string of the molecule is CCC(C)c1ccc(Cn2c(CNC(=O)c3ccccn3)nc3ccccc32)cc1. The van der Waals surface area contributed by atoms with Crippen LogP contribution in [0, 0.1) is 0 Å². The van der Waals surface area contributed by atoms with Gasteiger partial charge in [0.2, 0.25) is 0 Å². The van der Waals surface area contributed by atoms with Gasteiger partial charge in [-0.3, -0.25) is 9.78 Å². The maximum absolute atomic E-state index is 12.4. The number of benzene rings is 2. The zero-order chi connectivity index (χ0) is 20.9. The minimum Gasteiger partial charge on any atom is -0.343 e. The first-order valence-corrected chi connectivity index (χ1v) is 10.4. The van der Waals surface area contributed by atoms with Crippen molar-refractivity contribution in [3.8, 4) is 0 Å². The van der Waals surface area contributed by atoms with E-state index in [1.54, 1.807) is 24.4 Å². The Hall–Kier alpha value is -3.47. The van der Waals surface area contributed by atoms with E-state index in [2.05, 4.69) is 59.0 Å². The van der Waals surface area contributed by atoms with Gasteiger partial charge >= 0.3 is 0 Å². The van der Waals surface area contributed by atoms with E-state index in [1.165, 1.54) is 11.1 Å².